The Labute approximate surface area is 170 Å². The van der Waals surface area contributed by atoms with Gasteiger partial charge in [0.05, 0.1) is 12.7 Å². The summed E-state index contributed by atoms with van der Waals surface area (Å²) in [5.41, 5.74) is 2.61. The Morgan fingerprint density at radius 2 is 1.96 bits per heavy atom. The number of anilines is 1. The molecule has 6 heteroatoms. The molecule has 3 rings (SSSR count). The molecule has 0 aliphatic heterocycles. The van der Waals surface area contributed by atoms with Gasteiger partial charge in [-0.15, -0.1) is 11.3 Å². The average Bonchev–Trinajstić information content (AvgIpc) is 3.27. The van der Waals surface area contributed by atoms with Crippen molar-refractivity contribution in [3.63, 3.8) is 0 Å². The zero-order valence-corrected chi connectivity index (χ0v) is 17.7. The van der Waals surface area contributed by atoms with E-state index in [2.05, 4.69) is 19.2 Å². The Bertz CT molecular complexity index is 873. The van der Waals surface area contributed by atoms with Crippen LogP contribution in [0.25, 0.3) is 0 Å². The minimum atomic E-state index is -0.687. The second kappa shape index (κ2) is 8.78. The van der Waals surface area contributed by atoms with Gasteiger partial charge in [-0.2, -0.15) is 0 Å². The molecule has 1 aliphatic rings. The lowest BCUT2D eigenvalue weighted by molar-refractivity contribution is -0.122. The highest BCUT2D eigenvalue weighted by Gasteiger charge is 2.29. The van der Waals surface area contributed by atoms with Crippen molar-refractivity contribution in [3.05, 3.63) is 45.8 Å². The van der Waals surface area contributed by atoms with Gasteiger partial charge in [-0.05, 0) is 55.7 Å². The number of aryl methyl sites for hydroxylation is 1. The van der Waals surface area contributed by atoms with Crippen LogP contribution in [0.5, 0.6) is 5.75 Å². The number of amides is 1. The van der Waals surface area contributed by atoms with Crippen molar-refractivity contribution in [2.24, 2.45) is 0 Å². The van der Waals surface area contributed by atoms with Crippen LogP contribution in [-0.2, 0) is 22.4 Å². The third-order valence-electron chi connectivity index (χ3n) is 5.28. The number of para-hydroxylation sites is 1. The van der Waals surface area contributed by atoms with E-state index in [1.54, 1.807) is 6.92 Å². The molecule has 1 amide bonds. The first-order chi connectivity index (χ1) is 13.5. The summed E-state index contributed by atoms with van der Waals surface area (Å²) in [6.07, 6.45) is 3.12. The second-order valence-electron chi connectivity index (χ2n) is 7.15. The quantitative estimate of drug-likeness (QED) is 0.667. The fraction of sp³-hybridized carbons (Fsp3) is 0.455. The molecule has 1 N–H and O–H groups in total. The van der Waals surface area contributed by atoms with Gasteiger partial charge in [0.2, 0.25) is 0 Å². The predicted molar refractivity (Wildman–Crippen MR) is 112 cm³/mol. The van der Waals surface area contributed by atoms with E-state index in [1.165, 1.54) is 18.4 Å². The number of nitrogens with one attached hydrogen (secondary N) is 1. The first-order valence-electron chi connectivity index (χ1n) is 9.75. The minimum Gasteiger partial charge on any atom is -0.481 e. The van der Waals surface area contributed by atoms with Crippen molar-refractivity contribution in [1.82, 2.24) is 0 Å². The van der Waals surface area contributed by atoms with E-state index >= 15 is 0 Å². The maximum Gasteiger partial charge on any atom is 0.341 e. The number of methoxy groups -OCH3 is 1. The predicted octanol–water partition coefficient (Wildman–Crippen LogP) is 4.94. The first-order valence-corrected chi connectivity index (χ1v) is 10.6. The zero-order valence-electron chi connectivity index (χ0n) is 16.8. The molecule has 1 heterocycles. The molecule has 1 aromatic heterocycles. The summed E-state index contributed by atoms with van der Waals surface area (Å²) >= 11 is 1.47. The normalized spacial score (nSPS) is 14.9. The van der Waals surface area contributed by atoms with Gasteiger partial charge in [-0.1, -0.05) is 32.0 Å². The Hall–Kier alpha value is -2.34. The van der Waals surface area contributed by atoms with Crippen LogP contribution < -0.4 is 10.1 Å². The number of benzene rings is 1. The van der Waals surface area contributed by atoms with Gasteiger partial charge in [-0.25, -0.2) is 4.79 Å². The highest BCUT2D eigenvalue weighted by atomic mass is 32.1. The van der Waals surface area contributed by atoms with E-state index < -0.39 is 12.1 Å². The molecule has 0 bridgehead atoms. The third kappa shape index (κ3) is 4.07. The number of thiophene rings is 1. The fourth-order valence-electron chi connectivity index (χ4n) is 3.48. The van der Waals surface area contributed by atoms with E-state index in [-0.39, 0.29) is 5.91 Å². The van der Waals surface area contributed by atoms with Crippen LogP contribution in [0.4, 0.5) is 5.00 Å². The lowest BCUT2D eigenvalue weighted by Crippen LogP contribution is -2.30. The summed E-state index contributed by atoms with van der Waals surface area (Å²) in [6, 6.07) is 7.82. The Kier molecular flexibility index (Phi) is 6.39. The molecule has 150 valence electrons. The van der Waals surface area contributed by atoms with Gasteiger partial charge in [0.15, 0.2) is 6.10 Å². The van der Waals surface area contributed by atoms with Crippen LogP contribution in [-0.4, -0.2) is 25.1 Å². The van der Waals surface area contributed by atoms with Gasteiger partial charge in [0.1, 0.15) is 10.8 Å². The number of carbonyl (C=O) groups excluding carboxylic acids is 2. The Morgan fingerprint density at radius 1 is 1.21 bits per heavy atom. The van der Waals surface area contributed by atoms with Crippen molar-refractivity contribution >= 4 is 28.2 Å². The molecule has 0 spiro atoms. The molecule has 0 saturated heterocycles. The smallest absolute Gasteiger partial charge is 0.341 e. The number of rotatable bonds is 7. The van der Waals surface area contributed by atoms with Crippen LogP contribution in [0.3, 0.4) is 0 Å². The zero-order chi connectivity index (χ0) is 20.3. The molecule has 28 heavy (non-hydrogen) atoms. The largest absolute Gasteiger partial charge is 0.481 e. The van der Waals surface area contributed by atoms with Crippen LogP contribution in [0.15, 0.2) is 24.3 Å². The maximum atomic E-state index is 12.8. The van der Waals surface area contributed by atoms with Crippen molar-refractivity contribution < 1.29 is 19.1 Å². The number of hydrogen-bond donors (Lipinski definition) is 1. The third-order valence-corrected chi connectivity index (χ3v) is 6.49. The molecule has 2 atom stereocenters. The van der Waals surface area contributed by atoms with Crippen molar-refractivity contribution in [3.8, 4) is 5.75 Å². The molecular weight excluding hydrogens is 374 g/mol. The van der Waals surface area contributed by atoms with Crippen LogP contribution in [0.2, 0.25) is 0 Å². The van der Waals surface area contributed by atoms with E-state index in [0.717, 1.165) is 47.4 Å². The molecule has 0 radical (unpaired) electrons. The van der Waals surface area contributed by atoms with Gasteiger partial charge in [0.25, 0.3) is 5.91 Å². The van der Waals surface area contributed by atoms with Crippen LogP contribution in [0, 0.1) is 0 Å². The van der Waals surface area contributed by atoms with Gasteiger partial charge < -0.3 is 14.8 Å². The molecule has 0 saturated carbocycles. The molecule has 1 aliphatic carbocycles. The first kappa shape index (κ1) is 20.4. The number of ether oxygens (including phenoxy) is 2. The maximum absolute atomic E-state index is 12.8. The fourth-order valence-corrected chi connectivity index (χ4v) is 4.76. The lowest BCUT2D eigenvalue weighted by atomic mass is 9.98. The number of carbonyl (C=O) groups is 2. The topological polar surface area (TPSA) is 64.6 Å². The average molecular weight is 402 g/mol. The van der Waals surface area contributed by atoms with Gasteiger partial charge >= 0.3 is 5.97 Å². The van der Waals surface area contributed by atoms with E-state index in [0.29, 0.717) is 16.5 Å². The van der Waals surface area contributed by atoms with Gasteiger partial charge in [0, 0.05) is 4.88 Å². The molecule has 2 aromatic rings. The van der Waals surface area contributed by atoms with Crippen molar-refractivity contribution in [2.45, 2.75) is 58.5 Å². The number of esters is 1. The van der Waals surface area contributed by atoms with Crippen molar-refractivity contribution in [2.75, 3.05) is 12.4 Å². The highest BCUT2D eigenvalue weighted by Crippen LogP contribution is 2.39. The monoisotopic (exact) mass is 401 g/mol. The summed E-state index contributed by atoms with van der Waals surface area (Å²) in [4.78, 5) is 26.2. The van der Waals surface area contributed by atoms with E-state index in [9.17, 15) is 9.59 Å². The van der Waals surface area contributed by atoms with Crippen molar-refractivity contribution in [1.29, 1.82) is 0 Å². The summed E-state index contributed by atoms with van der Waals surface area (Å²) < 4.78 is 10.9. The molecular formula is C22H27NO4S. The number of fused-ring (bicyclic) bond motifs is 1. The summed E-state index contributed by atoms with van der Waals surface area (Å²) in [6.45, 7) is 5.99. The SMILES string of the molecule is CCC(C)c1ccccc1OC(C)C(=O)Nc1sc2c(c1C(=O)OC)CCC2. The Balaban J connectivity index is 1.77. The van der Waals surface area contributed by atoms with E-state index in [4.69, 9.17) is 9.47 Å². The molecule has 0 fully saturated rings. The van der Waals surface area contributed by atoms with E-state index in [1.807, 2.05) is 24.3 Å². The number of hydrogen-bond acceptors (Lipinski definition) is 5. The second-order valence-corrected chi connectivity index (χ2v) is 8.25. The lowest BCUT2D eigenvalue weighted by Gasteiger charge is -2.19. The summed E-state index contributed by atoms with van der Waals surface area (Å²) in [7, 11) is 1.37. The van der Waals surface area contributed by atoms with Crippen LogP contribution >= 0.6 is 11.3 Å². The minimum absolute atomic E-state index is 0.274. The Morgan fingerprint density at radius 3 is 2.68 bits per heavy atom. The highest BCUT2D eigenvalue weighted by molar-refractivity contribution is 7.17. The molecule has 2 unspecified atom stereocenters. The van der Waals surface area contributed by atoms with Crippen LogP contribution in [0.1, 0.15) is 65.9 Å². The standard InChI is InChI=1S/C22H27NO4S/c1-5-13(2)15-9-6-7-11-17(15)27-14(3)20(24)23-21-19(22(25)26-4)16-10-8-12-18(16)28-21/h6-7,9,11,13-14H,5,8,10,12H2,1-4H3,(H,23,24). The summed E-state index contributed by atoms with van der Waals surface area (Å²) in [5.74, 6) is 0.397. The summed E-state index contributed by atoms with van der Waals surface area (Å²) in [5, 5.41) is 3.45. The van der Waals surface area contributed by atoms with Gasteiger partial charge in [-0.3, -0.25) is 4.79 Å². The molecule has 5 nitrogen and oxygen atoms in total. The molecule has 1 aromatic carbocycles.